The second kappa shape index (κ2) is 10.1. The first-order chi connectivity index (χ1) is 11.4. The summed E-state index contributed by atoms with van der Waals surface area (Å²) in [6, 6.07) is 7.67. The average Bonchev–Trinajstić information content (AvgIpc) is 2.54. The number of rotatable bonds is 9. The molecular formula is C18H23N3O3. The number of carbonyl (C=O) groups excluding carboxylic acids is 1. The maximum atomic E-state index is 11.9. The van der Waals surface area contributed by atoms with Gasteiger partial charge in [-0.15, -0.1) is 0 Å². The number of unbranched alkanes of at least 4 members (excludes halogenated alkanes) is 2. The van der Waals surface area contributed by atoms with Crippen LogP contribution in [-0.2, 0) is 9.59 Å². The van der Waals surface area contributed by atoms with Crippen LogP contribution in [0.4, 0.5) is 5.69 Å². The predicted octanol–water partition coefficient (Wildman–Crippen LogP) is 2.88. The number of nitrogens with one attached hydrogen (secondary N) is 2. The van der Waals surface area contributed by atoms with Gasteiger partial charge in [0.2, 0.25) is 0 Å². The third-order valence-corrected chi connectivity index (χ3v) is 3.61. The molecule has 0 fully saturated rings. The van der Waals surface area contributed by atoms with Gasteiger partial charge >= 0.3 is 5.97 Å². The van der Waals surface area contributed by atoms with Gasteiger partial charge in [-0.2, -0.15) is 5.26 Å². The maximum Gasteiger partial charge on any atom is 0.303 e. The molecule has 6 nitrogen and oxygen atoms in total. The van der Waals surface area contributed by atoms with E-state index in [0.29, 0.717) is 19.4 Å². The second-order valence-corrected chi connectivity index (χ2v) is 5.57. The molecule has 1 amide bonds. The smallest absolute Gasteiger partial charge is 0.303 e. The number of carboxylic acids is 1. The maximum absolute atomic E-state index is 11.9. The van der Waals surface area contributed by atoms with Crippen LogP contribution in [0.1, 0.15) is 36.8 Å². The summed E-state index contributed by atoms with van der Waals surface area (Å²) >= 11 is 0. The number of anilines is 1. The van der Waals surface area contributed by atoms with Crippen molar-refractivity contribution in [3.05, 3.63) is 41.1 Å². The fourth-order valence-electron chi connectivity index (χ4n) is 2.01. The number of carbonyl (C=O) groups is 2. The van der Waals surface area contributed by atoms with E-state index in [-0.39, 0.29) is 12.0 Å². The lowest BCUT2D eigenvalue weighted by Gasteiger charge is -2.07. The Morgan fingerprint density at radius 3 is 2.58 bits per heavy atom. The van der Waals surface area contributed by atoms with Crippen molar-refractivity contribution in [1.82, 2.24) is 5.32 Å². The molecule has 0 atom stereocenters. The van der Waals surface area contributed by atoms with E-state index in [1.165, 1.54) is 11.8 Å². The molecule has 24 heavy (non-hydrogen) atoms. The second-order valence-electron chi connectivity index (χ2n) is 5.57. The number of nitriles is 1. The number of aryl methyl sites for hydroxylation is 2. The van der Waals surface area contributed by atoms with Crippen LogP contribution in [0.5, 0.6) is 0 Å². The Bertz CT molecular complexity index is 660. The van der Waals surface area contributed by atoms with E-state index >= 15 is 0 Å². The van der Waals surface area contributed by atoms with Crippen molar-refractivity contribution in [2.75, 3.05) is 11.9 Å². The molecule has 0 aliphatic rings. The molecule has 1 aromatic carbocycles. The molecule has 0 bridgehead atoms. The van der Waals surface area contributed by atoms with E-state index < -0.39 is 11.9 Å². The molecule has 0 aromatic heterocycles. The number of nitrogens with zero attached hydrogens (tertiary/aromatic N) is 1. The molecule has 0 saturated heterocycles. The van der Waals surface area contributed by atoms with Gasteiger partial charge in [-0.3, -0.25) is 9.59 Å². The summed E-state index contributed by atoms with van der Waals surface area (Å²) in [7, 11) is 0. The van der Waals surface area contributed by atoms with Crippen molar-refractivity contribution in [3.8, 4) is 6.07 Å². The van der Waals surface area contributed by atoms with Gasteiger partial charge in [0.15, 0.2) is 0 Å². The first kappa shape index (κ1) is 19.2. The number of carboxylic acid groups (broad SMARTS) is 1. The predicted molar refractivity (Wildman–Crippen MR) is 92.3 cm³/mol. The van der Waals surface area contributed by atoms with Crippen molar-refractivity contribution in [1.29, 1.82) is 5.26 Å². The van der Waals surface area contributed by atoms with Gasteiger partial charge < -0.3 is 15.7 Å². The van der Waals surface area contributed by atoms with Gasteiger partial charge in [0.05, 0.1) is 0 Å². The Labute approximate surface area is 142 Å². The Morgan fingerprint density at radius 1 is 1.21 bits per heavy atom. The summed E-state index contributed by atoms with van der Waals surface area (Å²) in [5, 5.41) is 23.2. The molecule has 0 aliphatic carbocycles. The van der Waals surface area contributed by atoms with Crippen molar-refractivity contribution >= 4 is 17.6 Å². The third kappa shape index (κ3) is 6.97. The molecule has 1 rings (SSSR count). The van der Waals surface area contributed by atoms with Crippen LogP contribution in [0.2, 0.25) is 0 Å². The highest BCUT2D eigenvalue weighted by Gasteiger charge is 2.08. The fourth-order valence-corrected chi connectivity index (χ4v) is 2.01. The van der Waals surface area contributed by atoms with Crippen LogP contribution in [0.3, 0.4) is 0 Å². The van der Waals surface area contributed by atoms with Crippen LogP contribution in [-0.4, -0.2) is 23.5 Å². The molecule has 6 heteroatoms. The van der Waals surface area contributed by atoms with Crippen LogP contribution in [0.15, 0.2) is 30.0 Å². The first-order valence-electron chi connectivity index (χ1n) is 7.88. The largest absolute Gasteiger partial charge is 0.481 e. The Hall–Kier alpha value is -2.81. The summed E-state index contributed by atoms with van der Waals surface area (Å²) in [6.07, 6.45) is 3.52. The minimum absolute atomic E-state index is 0.00114. The SMILES string of the molecule is Cc1ccc(N/C=C(/C#N)C(=O)NCCCCCC(=O)O)cc1C. The summed E-state index contributed by atoms with van der Waals surface area (Å²) in [6.45, 7) is 4.42. The van der Waals surface area contributed by atoms with Crippen molar-refractivity contribution in [2.24, 2.45) is 0 Å². The zero-order valence-corrected chi connectivity index (χ0v) is 14.1. The topological polar surface area (TPSA) is 102 Å². The lowest BCUT2D eigenvalue weighted by Crippen LogP contribution is -2.26. The number of aliphatic carboxylic acids is 1. The summed E-state index contributed by atoms with van der Waals surface area (Å²) < 4.78 is 0. The highest BCUT2D eigenvalue weighted by atomic mass is 16.4. The standard InChI is InChI=1S/C18H23N3O3/c1-13-7-8-16(10-14(13)2)21-12-15(11-19)18(24)20-9-5-3-4-6-17(22)23/h7-8,10,12,21H,3-6,9H2,1-2H3,(H,20,24)(H,22,23)/b15-12-. The first-order valence-corrected chi connectivity index (χ1v) is 7.88. The lowest BCUT2D eigenvalue weighted by atomic mass is 10.1. The Balaban J connectivity index is 2.44. The number of hydrogen-bond acceptors (Lipinski definition) is 4. The molecule has 0 unspecified atom stereocenters. The molecule has 0 heterocycles. The van der Waals surface area contributed by atoms with Crippen LogP contribution in [0.25, 0.3) is 0 Å². The zero-order chi connectivity index (χ0) is 17.9. The Kier molecular flexibility index (Phi) is 8.06. The highest BCUT2D eigenvalue weighted by molar-refractivity contribution is 5.97. The number of amides is 1. The van der Waals surface area contributed by atoms with E-state index in [9.17, 15) is 9.59 Å². The molecule has 3 N–H and O–H groups in total. The van der Waals surface area contributed by atoms with E-state index in [1.807, 2.05) is 38.1 Å². The lowest BCUT2D eigenvalue weighted by molar-refractivity contribution is -0.137. The molecule has 128 valence electrons. The average molecular weight is 329 g/mol. The monoisotopic (exact) mass is 329 g/mol. The van der Waals surface area contributed by atoms with Crippen molar-refractivity contribution in [3.63, 3.8) is 0 Å². The van der Waals surface area contributed by atoms with Gasteiger partial charge in [0.1, 0.15) is 11.6 Å². The van der Waals surface area contributed by atoms with Gasteiger partial charge in [-0.25, -0.2) is 0 Å². The zero-order valence-electron chi connectivity index (χ0n) is 14.1. The van der Waals surface area contributed by atoms with Crippen molar-refractivity contribution in [2.45, 2.75) is 39.5 Å². The van der Waals surface area contributed by atoms with Gasteiger partial charge in [-0.1, -0.05) is 12.5 Å². The van der Waals surface area contributed by atoms with Gasteiger partial charge in [-0.05, 0) is 49.9 Å². The summed E-state index contributed by atoms with van der Waals surface area (Å²) in [5.41, 5.74) is 3.11. The van der Waals surface area contributed by atoms with Crippen molar-refractivity contribution < 1.29 is 14.7 Å². The van der Waals surface area contributed by atoms with Crippen LogP contribution >= 0.6 is 0 Å². The minimum atomic E-state index is -0.814. The number of benzene rings is 1. The molecule has 1 aromatic rings. The minimum Gasteiger partial charge on any atom is -0.481 e. The third-order valence-electron chi connectivity index (χ3n) is 3.61. The highest BCUT2D eigenvalue weighted by Crippen LogP contribution is 2.14. The van der Waals surface area contributed by atoms with E-state index in [4.69, 9.17) is 10.4 Å². The normalized spacial score (nSPS) is 10.8. The summed E-state index contributed by atoms with van der Waals surface area (Å²) in [4.78, 5) is 22.3. The fraction of sp³-hybridized carbons (Fsp3) is 0.389. The number of hydrogen-bond donors (Lipinski definition) is 3. The van der Waals surface area contributed by atoms with E-state index in [2.05, 4.69) is 10.6 Å². The molecule has 0 radical (unpaired) electrons. The quantitative estimate of drug-likeness (QED) is 0.367. The Morgan fingerprint density at radius 2 is 1.96 bits per heavy atom. The van der Waals surface area contributed by atoms with Gasteiger partial charge in [0.25, 0.3) is 5.91 Å². The van der Waals surface area contributed by atoms with Crippen LogP contribution in [0, 0.1) is 25.2 Å². The molecule has 0 spiro atoms. The van der Waals surface area contributed by atoms with Gasteiger partial charge in [0, 0.05) is 24.9 Å². The van der Waals surface area contributed by atoms with E-state index in [1.54, 1.807) is 0 Å². The van der Waals surface area contributed by atoms with Crippen LogP contribution < -0.4 is 10.6 Å². The summed E-state index contributed by atoms with van der Waals surface area (Å²) in [5.74, 6) is -1.25. The molecule has 0 aliphatic heterocycles. The molecule has 0 saturated carbocycles. The molecular weight excluding hydrogens is 306 g/mol. The van der Waals surface area contributed by atoms with E-state index in [0.717, 1.165) is 17.7 Å².